The van der Waals surface area contributed by atoms with Gasteiger partial charge in [-0.25, -0.2) is 4.98 Å². The minimum absolute atomic E-state index is 0.208. The summed E-state index contributed by atoms with van der Waals surface area (Å²) in [6, 6.07) is 5.52. The average Bonchev–Trinajstić information content (AvgIpc) is 3.34. The molecule has 2 aliphatic rings. The SMILES string of the molecule is CN1CCC(CN=C2NC(=O)C(=Cc3csc(-c4ccc(OC(F)(F)F)cc4)n3)S2)CC1. The summed E-state index contributed by atoms with van der Waals surface area (Å²) < 4.78 is 40.8. The molecule has 0 bridgehead atoms. The van der Waals surface area contributed by atoms with Gasteiger partial charge in [0.05, 0.1) is 10.6 Å². The van der Waals surface area contributed by atoms with Crippen molar-refractivity contribution in [2.45, 2.75) is 19.2 Å². The van der Waals surface area contributed by atoms with Gasteiger partial charge < -0.3 is 15.0 Å². The van der Waals surface area contributed by atoms with Gasteiger partial charge >= 0.3 is 6.36 Å². The van der Waals surface area contributed by atoms with Crippen LogP contribution in [0.1, 0.15) is 18.5 Å². The van der Waals surface area contributed by atoms with Gasteiger partial charge in [0.15, 0.2) is 5.17 Å². The second kappa shape index (κ2) is 9.63. The van der Waals surface area contributed by atoms with Crippen LogP contribution in [0.4, 0.5) is 13.2 Å². The molecule has 0 atom stereocenters. The van der Waals surface area contributed by atoms with Gasteiger partial charge in [-0.1, -0.05) is 0 Å². The summed E-state index contributed by atoms with van der Waals surface area (Å²) in [4.78, 5) is 24.2. The largest absolute Gasteiger partial charge is 0.573 e. The smallest absolute Gasteiger partial charge is 0.406 e. The molecule has 2 aliphatic heterocycles. The van der Waals surface area contributed by atoms with Gasteiger partial charge in [-0.15, -0.1) is 24.5 Å². The molecule has 11 heteroatoms. The summed E-state index contributed by atoms with van der Waals surface area (Å²) in [6.45, 7) is 2.85. The standard InChI is InChI=1S/C21H21F3N4O2S2/c1-28-8-6-13(7-9-28)11-25-20-27-18(29)17(32-20)10-15-12-31-19(26-15)14-2-4-16(5-3-14)30-21(22,23)24/h2-5,10,12-13H,6-9,11H2,1H3,(H,25,27,29). The van der Waals surface area contributed by atoms with Gasteiger partial charge in [-0.05, 0) is 81.0 Å². The Bertz CT molecular complexity index is 1030. The number of amides is 1. The normalized spacial score (nSPS) is 20.8. The molecule has 2 aromatic rings. The summed E-state index contributed by atoms with van der Waals surface area (Å²) in [6.07, 6.45) is -0.810. The Morgan fingerprint density at radius 1 is 1.28 bits per heavy atom. The highest BCUT2D eigenvalue weighted by atomic mass is 32.2. The lowest BCUT2D eigenvalue weighted by atomic mass is 9.97. The number of aromatic nitrogens is 1. The molecule has 170 valence electrons. The third kappa shape index (κ3) is 6.11. The van der Waals surface area contributed by atoms with E-state index in [0.717, 1.165) is 25.9 Å². The number of carbonyl (C=O) groups is 1. The highest BCUT2D eigenvalue weighted by molar-refractivity contribution is 8.18. The minimum Gasteiger partial charge on any atom is -0.406 e. The van der Waals surface area contributed by atoms with E-state index >= 15 is 0 Å². The van der Waals surface area contributed by atoms with Gasteiger partial charge in [-0.2, -0.15) is 0 Å². The van der Waals surface area contributed by atoms with Crippen LogP contribution in [0.3, 0.4) is 0 Å². The lowest BCUT2D eigenvalue weighted by molar-refractivity contribution is -0.274. The summed E-state index contributed by atoms with van der Waals surface area (Å²) in [5.41, 5.74) is 1.27. The van der Waals surface area contributed by atoms with Crippen molar-refractivity contribution in [2.75, 3.05) is 26.7 Å². The fourth-order valence-electron chi connectivity index (χ4n) is 3.38. The number of piperidine rings is 1. The van der Waals surface area contributed by atoms with Gasteiger partial charge in [-0.3, -0.25) is 9.79 Å². The molecular weight excluding hydrogens is 461 g/mol. The number of likely N-dealkylation sites (tertiary alicyclic amines) is 1. The maximum Gasteiger partial charge on any atom is 0.573 e. The Morgan fingerprint density at radius 2 is 2.00 bits per heavy atom. The number of nitrogens with zero attached hydrogens (tertiary/aromatic N) is 3. The molecule has 2 saturated heterocycles. The van der Waals surface area contributed by atoms with Gasteiger partial charge in [0.25, 0.3) is 5.91 Å². The number of alkyl halides is 3. The monoisotopic (exact) mass is 482 g/mol. The van der Waals surface area contributed by atoms with Crippen LogP contribution in [0.15, 0.2) is 39.5 Å². The van der Waals surface area contributed by atoms with Gasteiger partial charge in [0.1, 0.15) is 10.8 Å². The second-order valence-corrected chi connectivity index (χ2v) is 9.50. The van der Waals surface area contributed by atoms with Crippen molar-refractivity contribution < 1.29 is 22.7 Å². The number of aliphatic imine (C=N–C) groups is 1. The highest BCUT2D eigenvalue weighted by Crippen LogP contribution is 2.31. The molecule has 0 radical (unpaired) electrons. The van der Waals surface area contributed by atoms with Crippen molar-refractivity contribution in [3.8, 4) is 16.3 Å². The zero-order valence-corrected chi connectivity index (χ0v) is 18.8. The van der Waals surface area contributed by atoms with Crippen LogP contribution in [0, 0.1) is 5.92 Å². The fraction of sp³-hybridized carbons (Fsp3) is 0.381. The Kier molecular flexibility index (Phi) is 6.87. The van der Waals surface area contributed by atoms with Crippen LogP contribution in [0.5, 0.6) is 5.75 Å². The van der Waals surface area contributed by atoms with Crippen molar-refractivity contribution in [3.05, 3.63) is 40.2 Å². The summed E-state index contributed by atoms with van der Waals surface area (Å²) >= 11 is 2.64. The molecule has 32 heavy (non-hydrogen) atoms. The first-order valence-corrected chi connectivity index (χ1v) is 11.7. The predicted molar refractivity (Wildman–Crippen MR) is 120 cm³/mol. The molecule has 1 amide bonds. The first-order valence-electron chi connectivity index (χ1n) is 10.0. The molecule has 1 aromatic carbocycles. The number of carbonyl (C=O) groups excluding carboxylic acids is 1. The molecule has 0 aliphatic carbocycles. The van der Waals surface area contributed by atoms with E-state index in [1.54, 1.807) is 11.5 Å². The van der Waals surface area contributed by atoms with Crippen LogP contribution in [-0.4, -0.2) is 54.0 Å². The van der Waals surface area contributed by atoms with E-state index in [1.165, 1.54) is 47.4 Å². The van der Waals surface area contributed by atoms with E-state index in [4.69, 9.17) is 0 Å². The molecule has 0 unspecified atom stereocenters. The van der Waals surface area contributed by atoms with Crippen LogP contribution in [0.2, 0.25) is 0 Å². The van der Waals surface area contributed by atoms with Crippen molar-refractivity contribution in [1.29, 1.82) is 0 Å². The third-order valence-electron chi connectivity index (χ3n) is 5.12. The van der Waals surface area contributed by atoms with Gasteiger partial charge in [0, 0.05) is 17.5 Å². The maximum atomic E-state index is 12.3. The topological polar surface area (TPSA) is 66.8 Å². The van der Waals surface area contributed by atoms with Crippen LogP contribution < -0.4 is 10.1 Å². The average molecular weight is 483 g/mol. The van der Waals surface area contributed by atoms with E-state index in [1.807, 2.05) is 0 Å². The van der Waals surface area contributed by atoms with Crippen molar-refractivity contribution in [3.63, 3.8) is 0 Å². The number of nitrogens with one attached hydrogen (secondary N) is 1. The van der Waals surface area contributed by atoms with E-state index in [-0.39, 0.29) is 11.7 Å². The van der Waals surface area contributed by atoms with Gasteiger partial charge in [0.2, 0.25) is 0 Å². The Morgan fingerprint density at radius 3 is 2.69 bits per heavy atom. The molecule has 6 nitrogen and oxygen atoms in total. The number of hydrogen-bond donors (Lipinski definition) is 1. The van der Waals surface area contributed by atoms with Crippen molar-refractivity contribution >= 4 is 40.2 Å². The van der Waals surface area contributed by atoms with Crippen LogP contribution in [0.25, 0.3) is 16.6 Å². The third-order valence-corrected chi connectivity index (χ3v) is 6.98. The van der Waals surface area contributed by atoms with Crippen LogP contribution >= 0.6 is 23.1 Å². The maximum absolute atomic E-state index is 12.3. The Balaban J connectivity index is 1.38. The number of rotatable bonds is 5. The number of thioether (sulfide) groups is 1. The molecule has 1 N–H and O–H groups in total. The predicted octanol–water partition coefficient (Wildman–Crippen LogP) is 4.61. The summed E-state index contributed by atoms with van der Waals surface area (Å²) in [7, 11) is 2.12. The minimum atomic E-state index is -4.73. The number of benzene rings is 1. The number of amidine groups is 1. The lowest BCUT2D eigenvalue weighted by Crippen LogP contribution is -2.31. The second-order valence-electron chi connectivity index (χ2n) is 7.61. The summed E-state index contributed by atoms with van der Waals surface area (Å²) in [5.74, 6) is 0.0461. The Labute approximate surface area is 191 Å². The molecule has 4 rings (SSSR count). The zero-order chi connectivity index (χ0) is 22.7. The number of thiazole rings is 1. The fourth-order valence-corrected chi connectivity index (χ4v) is 4.97. The highest BCUT2D eigenvalue weighted by Gasteiger charge is 2.31. The van der Waals surface area contributed by atoms with Crippen molar-refractivity contribution in [1.82, 2.24) is 15.2 Å². The summed E-state index contributed by atoms with van der Waals surface area (Å²) in [5, 5.41) is 5.84. The van der Waals surface area contributed by atoms with E-state index in [0.29, 0.717) is 38.8 Å². The molecule has 1 aromatic heterocycles. The first kappa shape index (κ1) is 22.8. The van der Waals surface area contributed by atoms with E-state index < -0.39 is 6.36 Å². The van der Waals surface area contributed by atoms with E-state index in [9.17, 15) is 18.0 Å². The van der Waals surface area contributed by atoms with E-state index in [2.05, 4.69) is 32.0 Å². The number of hydrogen-bond acceptors (Lipinski definition) is 7. The Hall–Kier alpha value is -2.37. The first-order chi connectivity index (χ1) is 15.2. The molecule has 2 fully saturated rings. The van der Waals surface area contributed by atoms with Crippen LogP contribution in [-0.2, 0) is 4.79 Å². The molecule has 0 saturated carbocycles. The molecular formula is C21H21F3N4O2S2. The number of halogens is 3. The molecule has 0 spiro atoms. The molecule has 3 heterocycles. The van der Waals surface area contributed by atoms with Crippen molar-refractivity contribution in [2.24, 2.45) is 10.9 Å². The quantitative estimate of drug-likeness (QED) is 0.631. The lowest BCUT2D eigenvalue weighted by Gasteiger charge is -2.27. The number of ether oxygens (including phenoxy) is 1. The zero-order valence-electron chi connectivity index (χ0n) is 17.2.